The molecule has 7 rings (SSSR count). The molecule has 0 unspecified atom stereocenters. The van der Waals surface area contributed by atoms with E-state index in [1.54, 1.807) is 6.92 Å². The van der Waals surface area contributed by atoms with E-state index in [1.165, 1.54) is 0 Å². The predicted octanol–water partition coefficient (Wildman–Crippen LogP) is 3.55. The van der Waals surface area contributed by atoms with Gasteiger partial charge in [0.15, 0.2) is 5.60 Å². The summed E-state index contributed by atoms with van der Waals surface area (Å²) in [7, 11) is 0. The van der Waals surface area contributed by atoms with Crippen LogP contribution in [0, 0.1) is 39.9 Å². The van der Waals surface area contributed by atoms with Crippen LogP contribution in [0.15, 0.2) is 0 Å². The van der Waals surface area contributed by atoms with Crippen LogP contribution in [0.1, 0.15) is 91.9 Å². The second kappa shape index (κ2) is 6.11. The Bertz CT molecular complexity index is 991. The number of fused-ring (bicyclic) bond motifs is 6. The topological polar surface area (TPSA) is 96.4 Å². The fourth-order valence-electron chi connectivity index (χ4n) is 10.9. The summed E-state index contributed by atoms with van der Waals surface area (Å²) in [6, 6.07) is 0. The highest BCUT2D eigenvalue weighted by atomic mass is 16.6. The number of ether oxygens (including phenoxy) is 2. The van der Waals surface area contributed by atoms with Crippen molar-refractivity contribution in [2.24, 2.45) is 39.9 Å². The number of ketones is 1. The molecule has 2 aliphatic heterocycles. The molecule has 0 radical (unpaired) electrons. The van der Waals surface area contributed by atoms with E-state index in [-0.39, 0.29) is 34.6 Å². The summed E-state index contributed by atoms with van der Waals surface area (Å²) in [6.07, 6.45) is 8.23. The Morgan fingerprint density at radius 3 is 2.41 bits per heavy atom. The molecule has 2 N–H and O–H groups in total. The summed E-state index contributed by atoms with van der Waals surface area (Å²) in [5.41, 5.74) is -3.91. The average molecular weight is 473 g/mol. The van der Waals surface area contributed by atoms with Gasteiger partial charge in [0, 0.05) is 17.8 Å². The van der Waals surface area contributed by atoms with Crippen LogP contribution in [0.4, 0.5) is 0 Å². The van der Waals surface area contributed by atoms with Crippen LogP contribution < -0.4 is 0 Å². The average Bonchev–Trinajstić information content (AvgIpc) is 3.27. The number of carbonyl (C=O) groups is 2. The molecule has 1 spiro atoms. The molecule has 188 valence electrons. The molecule has 5 saturated carbocycles. The monoisotopic (exact) mass is 472 g/mol. The summed E-state index contributed by atoms with van der Waals surface area (Å²) < 4.78 is 12.2. The van der Waals surface area contributed by atoms with E-state index >= 15 is 0 Å². The zero-order valence-electron chi connectivity index (χ0n) is 21.1. The summed E-state index contributed by atoms with van der Waals surface area (Å²) in [4.78, 5) is 26.0. The van der Waals surface area contributed by atoms with Gasteiger partial charge in [0.2, 0.25) is 0 Å². The number of esters is 1. The Kier molecular flexibility index (Phi) is 3.99. The van der Waals surface area contributed by atoms with Crippen molar-refractivity contribution in [3.63, 3.8) is 0 Å². The molecule has 5 aliphatic carbocycles. The van der Waals surface area contributed by atoms with Gasteiger partial charge in [-0.15, -0.1) is 0 Å². The maximum Gasteiger partial charge on any atom is 0.338 e. The molecule has 0 aromatic heterocycles. The molecule has 6 nitrogen and oxygen atoms in total. The van der Waals surface area contributed by atoms with Gasteiger partial charge in [-0.1, -0.05) is 13.8 Å². The molecule has 7 aliphatic rings. The minimum atomic E-state index is -1.52. The van der Waals surface area contributed by atoms with Gasteiger partial charge < -0.3 is 19.7 Å². The van der Waals surface area contributed by atoms with Crippen molar-refractivity contribution < 1.29 is 29.3 Å². The molecule has 2 bridgehead atoms. The number of rotatable bonds is 1. The van der Waals surface area contributed by atoms with Gasteiger partial charge in [0.05, 0.1) is 17.1 Å². The third kappa shape index (κ3) is 2.15. The molecule has 7 fully saturated rings. The molecule has 12 atom stereocenters. The summed E-state index contributed by atoms with van der Waals surface area (Å²) in [5.74, 6) is 0.766. The first kappa shape index (κ1) is 22.2. The van der Waals surface area contributed by atoms with Gasteiger partial charge in [-0.25, -0.2) is 4.79 Å². The molecule has 0 amide bonds. The number of epoxide rings is 1. The lowest BCUT2D eigenvalue weighted by Crippen LogP contribution is -2.63. The smallest absolute Gasteiger partial charge is 0.338 e. The SMILES string of the molecule is C[C@@]12C[C@@H](OC(=O)[C@]1(C)O)[C@@H]([C@]1(O)CC[C@H]3[C@H]4C[C@H]5O[C@]56CCCC(=O)[C@]6(C)[C@@H]4CC[C@@]31C)C2. The van der Waals surface area contributed by atoms with Crippen LogP contribution in [-0.4, -0.2) is 51.0 Å². The minimum absolute atomic E-state index is 0.159. The van der Waals surface area contributed by atoms with Crippen LogP contribution in [-0.2, 0) is 19.1 Å². The highest BCUT2D eigenvalue weighted by Crippen LogP contribution is 2.75. The Morgan fingerprint density at radius 1 is 0.912 bits per heavy atom. The number of hydrogen-bond donors (Lipinski definition) is 2. The van der Waals surface area contributed by atoms with Gasteiger partial charge in [-0.05, 0) is 94.8 Å². The zero-order valence-corrected chi connectivity index (χ0v) is 21.1. The van der Waals surface area contributed by atoms with Gasteiger partial charge >= 0.3 is 5.97 Å². The van der Waals surface area contributed by atoms with Gasteiger partial charge in [-0.2, -0.15) is 0 Å². The number of Topliss-reactive ketones (excluding diaryl/α,β-unsaturated/α-hetero) is 1. The third-order valence-corrected chi connectivity index (χ3v) is 13.3. The lowest BCUT2D eigenvalue weighted by molar-refractivity contribution is -0.201. The molecule has 0 aromatic carbocycles. The van der Waals surface area contributed by atoms with Crippen molar-refractivity contribution in [1.29, 1.82) is 0 Å². The first-order chi connectivity index (χ1) is 15.8. The van der Waals surface area contributed by atoms with Crippen LogP contribution in [0.2, 0.25) is 0 Å². The van der Waals surface area contributed by atoms with Gasteiger partial charge in [0.25, 0.3) is 0 Å². The van der Waals surface area contributed by atoms with E-state index < -0.39 is 22.6 Å². The highest BCUT2D eigenvalue weighted by molar-refractivity contribution is 5.88. The van der Waals surface area contributed by atoms with Crippen molar-refractivity contribution in [2.45, 2.75) is 121 Å². The first-order valence-electron chi connectivity index (χ1n) is 13.7. The lowest BCUT2D eigenvalue weighted by atomic mass is 9.43. The maximum absolute atomic E-state index is 13.4. The number of hydrogen-bond acceptors (Lipinski definition) is 6. The Balaban J connectivity index is 1.23. The standard InChI is InChI=1S/C28H40O6/c1-23-13-18(19(14-23)33-22(30)26(23,4)31)27(32)11-8-16-15-12-21-28(34-21)9-5-6-20(29)25(28,3)17(15)7-10-24(16,27)2/h15-19,21,31-32H,5-14H2,1-4H3/t15-,16+,17-,18+,19-,21-,23-,24+,25+,26+,27-,28-/m1/s1. The molecule has 34 heavy (non-hydrogen) atoms. The van der Waals surface area contributed by atoms with Crippen LogP contribution in [0.5, 0.6) is 0 Å². The van der Waals surface area contributed by atoms with Crippen LogP contribution >= 0.6 is 0 Å². The normalized spacial score (nSPS) is 63.9. The van der Waals surface area contributed by atoms with Crippen molar-refractivity contribution >= 4 is 11.8 Å². The summed E-state index contributed by atoms with van der Waals surface area (Å²) >= 11 is 0. The summed E-state index contributed by atoms with van der Waals surface area (Å²) in [5, 5.41) is 23.5. The quantitative estimate of drug-likeness (QED) is 0.448. The van der Waals surface area contributed by atoms with E-state index in [9.17, 15) is 19.8 Å². The van der Waals surface area contributed by atoms with Gasteiger partial charge in [-0.3, -0.25) is 4.79 Å². The van der Waals surface area contributed by atoms with Crippen molar-refractivity contribution in [3.05, 3.63) is 0 Å². The molecule has 6 heteroatoms. The van der Waals surface area contributed by atoms with Crippen LogP contribution in [0.25, 0.3) is 0 Å². The largest absolute Gasteiger partial charge is 0.460 e. The lowest BCUT2D eigenvalue weighted by Gasteiger charge is -2.59. The second-order valence-electron chi connectivity index (χ2n) is 14.1. The third-order valence-electron chi connectivity index (χ3n) is 13.3. The molecular weight excluding hydrogens is 432 g/mol. The fraction of sp³-hybridized carbons (Fsp3) is 0.929. The maximum atomic E-state index is 13.4. The van der Waals surface area contributed by atoms with E-state index in [1.807, 2.05) is 6.92 Å². The van der Waals surface area contributed by atoms with E-state index in [2.05, 4.69) is 13.8 Å². The van der Waals surface area contributed by atoms with E-state index in [0.717, 1.165) is 38.5 Å². The second-order valence-corrected chi connectivity index (χ2v) is 14.1. The molecule has 2 heterocycles. The fourth-order valence-corrected chi connectivity index (χ4v) is 10.9. The van der Waals surface area contributed by atoms with Gasteiger partial charge in [0.1, 0.15) is 17.5 Å². The molecule has 0 aromatic rings. The van der Waals surface area contributed by atoms with E-state index in [4.69, 9.17) is 9.47 Å². The number of carbonyl (C=O) groups excluding carboxylic acids is 2. The van der Waals surface area contributed by atoms with Crippen molar-refractivity contribution in [1.82, 2.24) is 0 Å². The minimum Gasteiger partial charge on any atom is -0.460 e. The summed E-state index contributed by atoms with van der Waals surface area (Å²) in [6.45, 7) is 8.04. The van der Waals surface area contributed by atoms with Crippen molar-refractivity contribution in [3.8, 4) is 0 Å². The van der Waals surface area contributed by atoms with Crippen molar-refractivity contribution in [2.75, 3.05) is 0 Å². The Labute approximate surface area is 202 Å². The van der Waals surface area contributed by atoms with Crippen LogP contribution in [0.3, 0.4) is 0 Å². The number of aliphatic hydroxyl groups is 2. The van der Waals surface area contributed by atoms with E-state index in [0.29, 0.717) is 49.2 Å². The Hall–Kier alpha value is -0.980. The zero-order chi connectivity index (χ0) is 24.1. The highest BCUT2D eigenvalue weighted by Gasteiger charge is 2.79. The molecular formula is C28H40O6. The Morgan fingerprint density at radius 2 is 1.65 bits per heavy atom. The predicted molar refractivity (Wildman–Crippen MR) is 123 cm³/mol. The molecule has 2 saturated heterocycles. The first-order valence-corrected chi connectivity index (χ1v) is 13.7.